The molecule has 4 amide bonds. The van der Waals surface area contributed by atoms with E-state index >= 15 is 0 Å². The number of methoxy groups -OCH3 is 2. The van der Waals surface area contributed by atoms with Crippen molar-refractivity contribution >= 4 is 17.8 Å². The molecule has 1 spiro atoms. The van der Waals surface area contributed by atoms with Crippen LogP contribution < -0.4 is 14.8 Å². The predicted octanol–water partition coefficient (Wildman–Crippen LogP) is 2.62. The number of amides is 4. The molecule has 8 heteroatoms. The molecule has 30 heavy (non-hydrogen) atoms. The highest BCUT2D eigenvalue weighted by molar-refractivity contribution is 6.09. The van der Waals surface area contributed by atoms with Crippen LogP contribution in [0.1, 0.15) is 56.6 Å². The molecule has 1 N–H and O–H groups in total. The van der Waals surface area contributed by atoms with Crippen LogP contribution in [0.3, 0.4) is 0 Å². The Morgan fingerprint density at radius 1 is 1.10 bits per heavy atom. The molecule has 0 aromatic heterocycles. The third-order valence-corrected chi connectivity index (χ3v) is 6.61. The zero-order valence-corrected chi connectivity index (χ0v) is 17.6. The lowest BCUT2D eigenvalue weighted by atomic mass is 9.82. The monoisotopic (exact) mass is 415 g/mol. The van der Waals surface area contributed by atoms with E-state index in [1.807, 2.05) is 18.2 Å². The Hall–Kier alpha value is -2.77. The molecule has 0 unspecified atom stereocenters. The van der Waals surface area contributed by atoms with Gasteiger partial charge in [0.25, 0.3) is 5.91 Å². The molecule has 1 atom stereocenters. The maximum absolute atomic E-state index is 13.1. The number of hydrogen-bond acceptors (Lipinski definition) is 5. The molecule has 2 aliphatic heterocycles. The van der Waals surface area contributed by atoms with Crippen LogP contribution in [0.2, 0.25) is 0 Å². The topological polar surface area (TPSA) is 88.2 Å². The molecule has 8 nitrogen and oxygen atoms in total. The Balaban J connectivity index is 1.49. The average Bonchev–Trinajstić information content (AvgIpc) is 3.34. The first kappa shape index (κ1) is 20.5. The van der Waals surface area contributed by atoms with E-state index in [1.165, 1.54) is 0 Å². The molecule has 2 heterocycles. The number of ether oxygens (including phenoxy) is 2. The van der Waals surface area contributed by atoms with Crippen molar-refractivity contribution in [2.24, 2.45) is 0 Å². The van der Waals surface area contributed by atoms with Crippen molar-refractivity contribution in [1.82, 2.24) is 15.1 Å². The van der Waals surface area contributed by atoms with Gasteiger partial charge < -0.3 is 19.7 Å². The summed E-state index contributed by atoms with van der Waals surface area (Å²) in [6.45, 7) is 0.392. The molecule has 1 aromatic carbocycles. The molecule has 3 aliphatic rings. The largest absolute Gasteiger partial charge is 0.493 e. The van der Waals surface area contributed by atoms with Crippen LogP contribution in [0, 0.1) is 0 Å². The standard InChI is InChI=1S/C22H29N3O5/c1-29-17-9-8-15(13-18(17)30-2)16-7-6-12-24(16)19(26)14-25-20(27)22(23-21(25)28)10-4-3-5-11-22/h8-9,13,16H,3-7,10-12,14H2,1-2H3,(H,23,28)/t16-/m1/s1. The van der Waals surface area contributed by atoms with Crippen LogP contribution in [0.4, 0.5) is 4.79 Å². The lowest BCUT2D eigenvalue weighted by Gasteiger charge is -2.31. The zero-order chi connectivity index (χ0) is 21.3. The van der Waals surface area contributed by atoms with Crippen LogP contribution in [-0.2, 0) is 9.59 Å². The molecule has 1 aliphatic carbocycles. The van der Waals surface area contributed by atoms with Crippen molar-refractivity contribution in [1.29, 1.82) is 0 Å². The number of nitrogens with zero attached hydrogens (tertiary/aromatic N) is 2. The molecule has 1 aromatic rings. The van der Waals surface area contributed by atoms with Gasteiger partial charge in [0.2, 0.25) is 5.91 Å². The summed E-state index contributed by atoms with van der Waals surface area (Å²) in [4.78, 5) is 41.5. The molecule has 162 valence electrons. The summed E-state index contributed by atoms with van der Waals surface area (Å²) in [6, 6.07) is 5.10. The second-order valence-corrected chi connectivity index (χ2v) is 8.32. The highest BCUT2D eigenvalue weighted by Gasteiger charge is 2.52. The number of urea groups is 1. The fourth-order valence-electron chi connectivity index (χ4n) is 5.01. The highest BCUT2D eigenvalue weighted by Crippen LogP contribution is 2.38. The van der Waals surface area contributed by atoms with Crippen molar-refractivity contribution in [3.05, 3.63) is 23.8 Å². The van der Waals surface area contributed by atoms with Crippen molar-refractivity contribution in [3.8, 4) is 11.5 Å². The highest BCUT2D eigenvalue weighted by atomic mass is 16.5. The van der Waals surface area contributed by atoms with E-state index in [0.29, 0.717) is 30.9 Å². The lowest BCUT2D eigenvalue weighted by molar-refractivity contribution is -0.140. The fourth-order valence-corrected chi connectivity index (χ4v) is 5.01. The van der Waals surface area contributed by atoms with Crippen molar-refractivity contribution in [2.75, 3.05) is 27.3 Å². The van der Waals surface area contributed by atoms with E-state index in [-0.39, 0.29) is 24.4 Å². The summed E-state index contributed by atoms with van der Waals surface area (Å²) in [7, 11) is 3.16. The number of rotatable bonds is 5. The number of hydrogen-bond donors (Lipinski definition) is 1. The third-order valence-electron chi connectivity index (χ3n) is 6.61. The van der Waals surface area contributed by atoms with Gasteiger partial charge in [-0.15, -0.1) is 0 Å². The normalized spacial score (nSPS) is 23.1. The number of benzene rings is 1. The predicted molar refractivity (Wildman–Crippen MR) is 109 cm³/mol. The first-order chi connectivity index (χ1) is 14.5. The molecule has 2 saturated heterocycles. The Kier molecular flexibility index (Phi) is 5.58. The van der Waals surface area contributed by atoms with Crippen LogP contribution in [0.25, 0.3) is 0 Å². The number of likely N-dealkylation sites (tertiary alicyclic amines) is 1. The van der Waals surface area contributed by atoms with Gasteiger partial charge in [-0.3, -0.25) is 14.5 Å². The van der Waals surface area contributed by atoms with Gasteiger partial charge in [-0.2, -0.15) is 0 Å². The fraction of sp³-hybridized carbons (Fsp3) is 0.591. The molecule has 0 bridgehead atoms. The second kappa shape index (κ2) is 8.16. The van der Waals surface area contributed by atoms with Crippen molar-refractivity contribution in [3.63, 3.8) is 0 Å². The van der Waals surface area contributed by atoms with Crippen LogP contribution in [-0.4, -0.2) is 60.5 Å². The summed E-state index contributed by atoms with van der Waals surface area (Å²) in [5, 5.41) is 2.87. The van der Waals surface area contributed by atoms with Gasteiger partial charge in [-0.25, -0.2) is 4.79 Å². The molecular weight excluding hydrogens is 386 g/mol. The molecule has 1 saturated carbocycles. The summed E-state index contributed by atoms with van der Waals surface area (Å²) >= 11 is 0. The van der Waals surface area contributed by atoms with E-state index in [1.54, 1.807) is 19.1 Å². The molecule has 4 rings (SSSR count). The van der Waals surface area contributed by atoms with E-state index in [2.05, 4.69) is 5.32 Å². The van der Waals surface area contributed by atoms with Crippen molar-refractivity contribution in [2.45, 2.75) is 56.5 Å². The van der Waals surface area contributed by atoms with Gasteiger partial charge in [0.05, 0.1) is 20.3 Å². The number of imide groups is 1. The Morgan fingerprint density at radius 3 is 2.53 bits per heavy atom. The minimum absolute atomic E-state index is 0.110. The minimum atomic E-state index is -0.802. The van der Waals surface area contributed by atoms with Crippen molar-refractivity contribution < 1.29 is 23.9 Å². The Labute approximate surface area is 176 Å². The number of carbonyl (C=O) groups excluding carboxylic acids is 3. The van der Waals surface area contributed by atoms with Crippen LogP contribution in [0.5, 0.6) is 11.5 Å². The maximum atomic E-state index is 13.1. The quantitative estimate of drug-likeness (QED) is 0.747. The second-order valence-electron chi connectivity index (χ2n) is 8.32. The smallest absolute Gasteiger partial charge is 0.325 e. The van der Waals surface area contributed by atoms with Gasteiger partial charge in [-0.05, 0) is 43.4 Å². The van der Waals surface area contributed by atoms with Gasteiger partial charge in [0.1, 0.15) is 12.1 Å². The van der Waals surface area contributed by atoms with Crippen LogP contribution >= 0.6 is 0 Å². The number of carbonyl (C=O) groups is 3. The molecular formula is C22H29N3O5. The molecule has 0 radical (unpaired) electrons. The Bertz CT molecular complexity index is 849. The summed E-state index contributed by atoms with van der Waals surface area (Å²) in [6.07, 6.45) is 5.91. The summed E-state index contributed by atoms with van der Waals surface area (Å²) < 4.78 is 10.7. The minimum Gasteiger partial charge on any atom is -0.493 e. The van der Waals surface area contributed by atoms with Gasteiger partial charge in [0, 0.05) is 6.54 Å². The molecule has 3 fully saturated rings. The maximum Gasteiger partial charge on any atom is 0.325 e. The van der Waals surface area contributed by atoms with Gasteiger partial charge in [-0.1, -0.05) is 25.3 Å². The first-order valence-electron chi connectivity index (χ1n) is 10.6. The summed E-state index contributed by atoms with van der Waals surface area (Å²) in [5.41, 5.74) is 0.156. The van der Waals surface area contributed by atoms with Gasteiger partial charge in [0.15, 0.2) is 11.5 Å². The SMILES string of the molecule is COc1ccc([C@H]2CCCN2C(=O)CN2C(=O)NC3(CCCCC3)C2=O)cc1OC. The van der Waals surface area contributed by atoms with E-state index in [0.717, 1.165) is 42.6 Å². The van der Waals surface area contributed by atoms with E-state index < -0.39 is 11.6 Å². The van der Waals surface area contributed by atoms with E-state index in [4.69, 9.17) is 9.47 Å². The zero-order valence-electron chi connectivity index (χ0n) is 17.6. The first-order valence-corrected chi connectivity index (χ1v) is 10.6. The van der Waals surface area contributed by atoms with Crippen LogP contribution in [0.15, 0.2) is 18.2 Å². The Morgan fingerprint density at radius 2 is 1.83 bits per heavy atom. The van der Waals surface area contributed by atoms with Gasteiger partial charge >= 0.3 is 6.03 Å². The average molecular weight is 415 g/mol. The summed E-state index contributed by atoms with van der Waals surface area (Å²) in [5.74, 6) is 0.794. The third kappa shape index (κ3) is 3.48. The number of nitrogens with one attached hydrogen (secondary N) is 1. The lowest BCUT2D eigenvalue weighted by Crippen LogP contribution is -2.49. The van der Waals surface area contributed by atoms with E-state index in [9.17, 15) is 14.4 Å².